The molecule has 0 amide bonds. The quantitative estimate of drug-likeness (QED) is 0.783. The molecule has 0 aliphatic carbocycles. The van der Waals surface area contributed by atoms with E-state index in [-0.39, 0.29) is 11.7 Å². The van der Waals surface area contributed by atoms with Gasteiger partial charge in [-0.05, 0) is 30.7 Å². The van der Waals surface area contributed by atoms with Crippen molar-refractivity contribution in [3.8, 4) is 6.07 Å². The first-order valence-electron chi connectivity index (χ1n) is 5.85. The fraction of sp³-hybridized carbons (Fsp3) is 0.500. The van der Waals surface area contributed by atoms with E-state index in [1.165, 1.54) is 12.1 Å². The first kappa shape index (κ1) is 13.7. The van der Waals surface area contributed by atoms with Crippen LogP contribution in [0.5, 0.6) is 0 Å². The predicted molar refractivity (Wildman–Crippen MR) is 66.7 cm³/mol. The minimum atomic E-state index is -0.211. The molecule has 92 valence electrons. The summed E-state index contributed by atoms with van der Waals surface area (Å²) in [5, 5.41) is 9.02. The number of hydrogen-bond donors (Lipinski definition) is 0. The fourth-order valence-corrected chi connectivity index (χ4v) is 1.75. The van der Waals surface area contributed by atoms with Crippen LogP contribution in [0.1, 0.15) is 19.4 Å². The number of nitrogens with zero attached hydrogens (tertiary/aromatic N) is 2. The van der Waals surface area contributed by atoms with Crippen molar-refractivity contribution in [3.05, 3.63) is 35.6 Å². The molecule has 2 nitrogen and oxygen atoms in total. The Morgan fingerprint density at radius 3 is 2.65 bits per heavy atom. The average Bonchev–Trinajstić information content (AvgIpc) is 2.25. The second-order valence-electron chi connectivity index (χ2n) is 4.81. The Hall–Kier alpha value is -1.40. The van der Waals surface area contributed by atoms with Crippen molar-refractivity contribution in [2.75, 3.05) is 13.6 Å². The van der Waals surface area contributed by atoms with Gasteiger partial charge in [0, 0.05) is 13.1 Å². The molecule has 0 spiro atoms. The minimum Gasteiger partial charge on any atom is -0.301 e. The normalized spacial score (nSPS) is 12.8. The standard InChI is InChI=1S/C14H19FN2/c1-11(2)13(8-16)10-17(3)9-12-5-4-6-14(15)7-12/h4-7,11,13H,9-10H2,1-3H3. The molecule has 17 heavy (non-hydrogen) atoms. The monoisotopic (exact) mass is 234 g/mol. The molecule has 0 aliphatic rings. The third kappa shape index (κ3) is 4.54. The number of benzene rings is 1. The van der Waals surface area contributed by atoms with Crippen LogP contribution in [0.25, 0.3) is 0 Å². The lowest BCUT2D eigenvalue weighted by Crippen LogP contribution is -2.27. The van der Waals surface area contributed by atoms with Gasteiger partial charge in [-0.2, -0.15) is 5.26 Å². The fourth-order valence-electron chi connectivity index (χ4n) is 1.75. The van der Waals surface area contributed by atoms with E-state index in [4.69, 9.17) is 5.26 Å². The molecule has 0 saturated heterocycles. The van der Waals surface area contributed by atoms with Crippen LogP contribution in [0.4, 0.5) is 4.39 Å². The maximum absolute atomic E-state index is 13.0. The molecular weight excluding hydrogens is 215 g/mol. The van der Waals surface area contributed by atoms with E-state index in [2.05, 4.69) is 11.0 Å². The smallest absolute Gasteiger partial charge is 0.123 e. The Morgan fingerprint density at radius 2 is 2.12 bits per heavy atom. The van der Waals surface area contributed by atoms with E-state index in [9.17, 15) is 4.39 Å². The Balaban J connectivity index is 2.55. The van der Waals surface area contributed by atoms with Gasteiger partial charge in [-0.1, -0.05) is 26.0 Å². The highest BCUT2D eigenvalue weighted by molar-refractivity contribution is 5.16. The summed E-state index contributed by atoms with van der Waals surface area (Å²) in [7, 11) is 1.96. The van der Waals surface area contributed by atoms with Gasteiger partial charge in [-0.25, -0.2) is 4.39 Å². The lowest BCUT2D eigenvalue weighted by molar-refractivity contribution is 0.265. The Bertz CT molecular complexity index is 395. The van der Waals surface area contributed by atoms with Gasteiger partial charge >= 0.3 is 0 Å². The van der Waals surface area contributed by atoms with Crippen molar-refractivity contribution >= 4 is 0 Å². The van der Waals surface area contributed by atoms with Gasteiger partial charge in [-0.3, -0.25) is 0 Å². The number of nitriles is 1. The number of halogens is 1. The lowest BCUT2D eigenvalue weighted by atomic mass is 9.97. The highest BCUT2D eigenvalue weighted by Crippen LogP contribution is 2.13. The molecule has 3 heteroatoms. The van der Waals surface area contributed by atoms with E-state index in [1.807, 2.05) is 27.0 Å². The molecule has 0 heterocycles. The van der Waals surface area contributed by atoms with Gasteiger partial charge in [0.15, 0.2) is 0 Å². The molecule has 1 aromatic carbocycles. The lowest BCUT2D eigenvalue weighted by Gasteiger charge is -2.22. The predicted octanol–water partition coefficient (Wildman–Crippen LogP) is 3.05. The highest BCUT2D eigenvalue weighted by Gasteiger charge is 2.14. The Morgan fingerprint density at radius 1 is 1.41 bits per heavy atom. The van der Waals surface area contributed by atoms with E-state index in [0.717, 1.165) is 5.56 Å². The number of rotatable bonds is 5. The maximum Gasteiger partial charge on any atom is 0.123 e. The van der Waals surface area contributed by atoms with Crippen LogP contribution >= 0.6 is 0 Å². The van der Waals surface area contributed by atoms with Gasteiger partial charge in [0.05, 0.1) is 12.0 Å². The SMILES string of the molecule is CC(C)C(C#N)CN(C)Cc1cccc(F)c1. The summed E-state index contributed by atoms with van der Waals surface area (Å²) >= 11 is 0. The van der Waals surface area contributed by atoms with Gasteiger partial charge in [0.2, 0.25) is 0 Å². The summed E-state index contributed by atoms with van der Waals surface area (Å²) in [6.07, 6.45) is 0. The summed E-state index contributed by atoms with van der Waals surface area (Å²) in [5.41, 5.74) is 0.938. The van der Waals surface area contributed by atoms with Crippen LogP contribution in [0.15, 0.2) is 24.3 Å². The summed E-state index contributed by atoms with van der Waals surface area (Å²) in [6.45, 7) is 5.47. The first-order chi connectivity index (χ1) is 8.02. The maximum atomic E-state index is 13.0. The van der Waals surface area contributed by atoms with Crippen molar-refractivity contribution in [3.63, 3.8) is 0 Å². The van der Waals surface area contributed by atoms with Gasteiger partial charge < -0.3 is 4.90 Å². The molecular formula is C14H19FN2. The Labute approximate surface area is 103 Å². The molecule has 0 aliphatic heterocycles. The molecule has 0 fully saturated rings. The molecule has 1 atom stereocenters. The second-order valence-corrected chi connectivity index (χ2v) is 4.81. The topological polar surface area (TPSA) is 27.0 Å². The van der Waals surface area contributed by atoms with Crippen LogP contribution in [0.3, 0.4) is 0 Å². The molecule has 0 N–H and O–H groups in total. The van der Waals surface area contributed by atoms with Crippen molar-refractivity contribution in [2.24, 2.45) is 11.8 Å². The zero-order valence-corrected chi connectivity index (χ0v) is 10.7. The van der Waals surface area contributed by atoms with E-state index in [0.29, 0.717) is 19.0 Å². The molecule has 0 bridgehead atoms. The number of hydrogen-bond acceptors (Lipinski definition) is 2. The van der Waals surface area contributed by atoms with Crippen LogP contribution in [-0.4, -0.2) is 18.5 Å². The summed E-state index contributed by atoms with van der Waals surface area (Å²) in [4.78, 5) is 2.06. The minimum absolute atomic E-state index is 0.0218. The zero-order valence-electron chi connectivity index (χ0n) is 10.7. The van der Waals surface area contributed by atoms with Crippen molar-refractivity contribution in [1.29, 1.82) is 5.26 Å². The van der Waals surface area contributed by atoms with Crippen LogP contribution in [0, 0.1) is 29.0 Å². The van der Waals surface area contributed by atoms with E-state index in [1.54, 1.807) is 6.07 Å². The van der Waals surface area contributed by atoms with E-state index >= 15 is 0 Å². The summed E-state index contributed by atoms with van der Waals surface area (Å²) in [6, 6.07) is 8.90. The van der Waals surface area contributed by atoms with Crippen LogP contribution < -0.4 is 0 Å². The molecule has 1 rings (SSSR count). The molecule has 0 radical (unpaired) electrons. The van der Waals surface area contributed by atoms with Gasteiger partial charge in [0.1, 0.15) is 5.82 Å². The van der Waals surface area contributed by atoms with Crippen LogP contribution in [0.2, 0.25) is 0 Å². The molecule has 1 aromatic rings. The molecule has 0 saturated carbocycles. The first-order valence-corrected chi connectivity index (χ1v) is 5.85. The zero-order chi connectivity index (χ0) is 12.8. The second kappa shape index (κ2) is 6.36. The van der Waals surface area contributed by atoms with Crippen molar-refractivity contribution < 1.29 is 4.39 Å². The van der Waals surface area contributed by atoms with Gasteiger partial charge in [0.25, 0.3) is 0 Å². The van der Waals surface area contributed by atoms with Gasteiger partial charge in [-0.15, -0.1) is 0 Å². The van der Waals surface area contributed by atoms with Crippen LogP contribution in [-0.2, 0) is 6.54 Å². The Kier molecular flexibility index (Phi) is 5.11. The molecule has 1 unspecified atom stereocenters. The van der Waals surface area contributed by atoms with E-state index < -0.39 is 0 Å². The summed E-state index contributed by atoms with van der Waals surface area (Å²) < 4.78 is 13.0. The third-order valence-electron chi connectivity index (χ3n) is 2.82. The van der Waals surface area contributed by atoms with Crippen molar-refractivity contribution in [2.45, 2.75) is 20.4 Å². The molecule has 0 aromatic heterocycles. The largest absolute Gasteiger partial charge is 0.301 e. The average molecular weight is 234 g/mol. The van der Waals surface area contributed by atoms with Crippen molar-refractivity contribution in [1.82, 2.24) is 4.90 Å². The highest BCUT2D eigenvalue weighted by atomic mass is 19.1. The third-order valence-corrected chi connectivity index (χ3v) is 2.82. The summed E-state index contributed by atoms with van der Waals surface area (Å²) in [5.74, 6) is 0.153.